The summed E-state index contributed by atoms with van der Waals surface area (Å²) in [5.74, 6) is 0.817. The SMILES string of the molecule is C=C1NC2(CC2)COc2ncc(F)cc2C2(CC2)Nc2ccn3ncc1c3n2. The lowest BCUT2D eigenvalue weighted by Gasteiger charge is -2.23. The number of anilines is 1. The van der Waals surface area contributed by atoms with Crippen molar-refractivity contribution in [2.24, 2.45) is 0 Å². The standard InChI is InChI=1S/C20H19FN6O/c1-12-14-10-23-27-7-2-16(24-17(14)27)26-20(5-6-20)15-8-13(21)9-22-18(15)28-11-19(25-12)3-4-19/h2,7-10,25H,1,3-6,11H2,(H,24,26). The van der Waals surface area contributed by atoms with E-state index in [1.807, 2.05) is 12.3 Å². The summed E-state index contributed by atoms with van der Waals surface area (Å²) in [4.78, 5) is 9.01. The number of aromatic nitrogens is 4. The van der Waals surface area contributed by atoms with Crippen molar-refractivity contribution in [2.75, 3.05) is 11.9 Å². The molecule has 2 aliphatic carbocycles. The van der Waals surface area contributed by atoms with Crippen LogP contribution in [0.3, 0.4) is 0 Å². The minimum atomic E-state index is -0.412. The van der Waals surface area contributed by atoms with E-state index >= 15 is 0 Å². The van der Waals surface area contributed by atoms with E-state index in [0.29, 0.717) is 18.3 Å². The fourth-order valence-corrected chi connectivity index (χ4v) is 3.92. The average molecular weight is 378 g/mol. The third kappa shape index (κ3) is 2.37. The fourth-order valence-electron chi connectivity index (χ4n) is 3.92. The van der Waals surface area contributed by atoms with Gasteiger partial charge in [0.15, 0.2) is 5.65 Å². The summed E-state index contributed by atoms with van der Waals surface area (Å²) in [6, 6.07) is 3.39. The van der Waals surface area contributed by atoms with Gasteiger partial charge in [-0.05, 0) is 37.8 Å². The van der Waals surface area contributed by atoms with Crippen molar-refractivity contribution in [3.63, 3.8) is 0 Å². The summed E-state index contributed by atoms with van der Waals surface area (Å²) >= 11 is 0. The van der Waals surface area contributed by atoms with Gasteiger partial charge >= 0.3 is 0 Å². The number of nitrogens with zero attached hydrogens (tertiary/aromatic N) is 4. The normalized spacial score (nSPS) is 21.1. The number of ether oxygens (including phenoxy) is 1. The fraction of sp³-hybridized carbons (Fsp3) is 0.350. The van der Waals surface area contributed by atoms with Crippen molar-refractivity contribution in [1.29, 1.82) is 0 Å². The summed E-state index contributed by atoms with van der Waals surface area (Å²) in [5.41, 5.74) is 2.51. The molecule has 4 heterocycles. The zero-order chi connectivity index (χ0) is 18.9. The van der Waals surface area contributed by atoms with E-state index < -0.39 is 5.54 Å². The van der Waals surface area contributed by atoms with E-state index in [1.54, 1.807) is 10.7 Å². The molecule has 142 valence electrons. The summed E-state index contributed by atoms with van der Waals surface area (Å²) in [6.07, 6.45) is 8.53. The van der Waals surface area contributed by atoms with Crippen LogP contribution in [0.2, 0.25) is 0 Å². The lowest BCUT2D eigenvalue weighted by atomic mass is 10.1. The molecule has 2 bridgehead atoms. The first-order valence-electron chi connectivity index (χ1n) is 9.45. The predicted molar refractivity (Wildman–Crippen MR) is 101 cm³/mol. The van der Waals surface area contributed by atoms with E-state index in [2.05, 4.69) is 27.3 Å². The maximum atomic E-state index is 14.0. The van der Waals surface area contributed by atoms with Gasteiger partial charge in [-0.3, -0.25) is 0 Å². The molecule has 0 unspecified atom stereocenters. The molecule has 2 spiro atoms. The van der Waals surface area contributed by atoms with Crippen molar-refractivity contribution in [3.05, 3.63) is 54.2 Å². The smallest absolute Gasteiger partial charge is 0.219 e. The van der Waals surface area contributed by atoms with Gasteiger partial charge in [-0.15, -0.1) is 0 Å². The lowest BCUT2D eigenvalue weighted by Crippen LogP contribution is -2.36. The third-order valence-electron chi connectivity index (χ3n) is 5.90. The quantitative estimate of drug-likeness (QED) is 0.627. The van der Waals surface area contributed by atoms with Crippen LogP contribution in [0.1, 0.15) is 36.8 Å². The van der Waals surface area contributed by atoms with E-state index in [1.165, 1.54) is 12.3 Å². The molecule has 0 amide bonds. The molecule has 6 rings (SSSR count). The summed E-state index contributed by atoms with van der Waals surface area (Å²) in [5, 5.41) is 11.4. The van der Waals surface area contributed by atoms with Gasteiger partial charge in [0.2, 0.25) is 5.88 Å². The number of rotatable bonds is 0. The molecule has 2 N–H and O–H groups in total. The molecular weight excluding hydrogens is 359 g/mol. The summed E-state index contributed by atoms with van der Waals surface area (Å²) < 4.78 is 21.9. The molecule has 2 fully saturated rings. The molecule has 28 heavy (non-hydrogen) atoms. The van der Waals surface area contributed by atoms with Gasteiger partial charge in [-0.2, -0.15) is 5.10 Å². The minimum Gasteiger partial charge on any atom is -0.475 e. The Morgan fingerprint density at radius 3 is 2.82 bits per heavy atom. The largest absolute Gasteiger partial charge is 0.475 e. The van der Waals surface area contributed by atoms with Crippen LogP contribution < -0.4 is 15.4 Å². The predicted octanol–water partition coefficient (Wildman–Crippen LogP) is 2.85. The Morgan fingerprint density at radius 1 is 1.18 bits per heavy atom. The van der Waals surface area contributed by atoms with Crippen LogP contribution in [-0.2, 0) is 5.54 Å². The summed E-state index contributed by atoms with van der Waals surface area (Å²) in [6.45, 7) is 4.65. The van der Waals surface area contributed by atoms with Crippen LogP contribution in [0.15, 0.2) is 37.3 Å². The first-order chi connectivity index (χ1) is 13.6. The van der Waals surface area contributed by atoms with Crippen molar-refractivity contribution in [1.82, 2.24) is 24.9 Å². The van der Waals surface area contributed by atoms with E-state index in [9.17, 15) is 4.39 Å². The monoisotopic (exact) mass is 378 g/mol. The first kappa shape index (κ1) is 15.9. The van der Waals surface area contributed by atoms with Crippen LogP contribution in [0.4, 0.5) is 10.2 Å². The number of fused-ring (bicyclic) bond motifs is 3. The second-order valence-electron chi connectivity index (χ2n) is 8.03. The average Bonchev–Trinajstić information content (AvgIpc) is 3.58. The topological polar surface area (TPSA) is 76.4 Å². The van der Waals surface area contributed by atoms with Gasteiger partial charge in [0.05, 0.1) is 29.0 Å². The molecule has 0 saturated heterocycles. The molecule has 0 radical (unpaired) electrons. The van der Waals surface area contributed by atoms with Gasteiger partial charge in [0.25, 0.3) is 0 Å². The maximum absolute atomic E-state index is 14.0. The molecule has 3 aromatic rings. The summed E-state index contributed by atoms with van der Waals surface area (Å²) in [7, 11) is 0. The highest BCUT2D eigenvalue weighted by Crippen LogP contribution is 2.51. The Kier molecular flexibility index (Phi) is 2.95. The molecule has 3 aromatic heterocycles. The molecule has 1 aliphatic heterocycles. The van der Waals surface area contributed by atoms with Crippen LogP contribution in [-0.4, -0.2) is 31.7 Å². The highest BCUT2D eigenvalue weighted by Gasteiger charge is 2.49. The highest BCUT2D eigenvalue weighted by atomic mass is 19.1. The van der Waals surface area contributed by atoms with Gasteiger partial charge in [-0.1, -0.05) is 6.58 Å². The van der Waals surface area contributed by atoms with Crippen LogP contribution in [0, 0.1) is 5.82 Å². The second kappa shape index (κ2) is 5.21. The third-order valence-corrected chi connectivity index (χ3v) is 5.90. The van der Waals surface area contributed by atoms with E-state index in [0.717, 1.165) is 48.2 Å². The number of hydrogen-bond donors (Lipinski definition) is 2. The number of nitrogens with one attached hydrogen (secondary N) is 2. The zero-order valence-electron chi connectivity index (χ0n) is 15.2. The number of halogens is 1. The van der Waals surface area contributed by atoms with Gasteiger partial charge < -0.3 is 15.4 Å². The molecule has 2 saturated carbocycles. The second-order valence-corrected chi connectivity index (χ2v) is 8.03. The molecule has 0 atom stereocenters. The van der Waals surface area contributed by atoms with Crippen molar-refractivity contribution < 1.29 is 9.13 Å². The Morgan fingerprint density at radius 2 is 2.04 bits per heavy atom. The Labute approximate surface area is 160 Å². The Balaban J connectivity index is 1.52. The zero-order valence-corrected chi connectivity index (χ0v) is 15.2. The minimum absolute atomic E-state index is 0.186. The van der Waals surface area contributed by atoms with Gasteiger partial charge in [-0.25, -0.2) is 18.9 Å². The molecule has 7 nitrogen and oxygen atoms in total. The molecule has 3 aliphatic rings. The Bertz CT molecular complexity index is 1130. The van der Waals surface area contributed by atoms with Crippen molar-refractivity contribution >= 4 is 17.2 Å². The van der Waals surface area contributed by atoms with Gasteiger partial charge in [0.1, 0.15) is 18.2 Å². The molecule has 8 heteroatoms. The maximum Gasteiger partial charge on any atom is 0.219 e. The number of pyridine rings is 1. The molecule has 0 aromatic carbocycles. The number of hydrogen-bond acceptors (Lipinski definition) is 6. The molecular formula is C20H19FN6O. The van der Waals surface area contributed by atoms with Crippen molar-refractivity contribution in [3.8, 4) is 5.88 Å². The van der Waals surface area contributed by atoms with Crippen LogP contribution >= 0.6 is 0 Å². The van der Waals surface area contributed by atoms with E-state index in [4.69, 9.17) is 9.72 Å². The van der Waals surface area contributed by atoms with Crippen LogP contribution in [0.5, 0.6) is 5.88 Å². The lowest BCUT2D eigenvalue weighted by molar-refractivity contribution is 0.252. The van der Waals surface area contributed by atoms with E-state index in [-0.39, 0.29) is 11.4 Å². The van der Waals surface area contributed by atoms with Gasteiger partial charge in [0, 0.05) is 17.5 Å². The van der Waals surface area contributed by atoms with Crippen LogP contribution in [0.25, 0.3) is 11.3 Å². The first-order valence-corrected chi connectivity index (χ1v) is 9.45. The Hall–Kier alpha value is -3.16. The highest BCUT2D eigenvalue weighted by molar-refractivity contribution is 5.74. The van der Waals surface area contributed by atoms with Crippen molar-refractivity contribution in [2.45, 2.75) is 36.8 Å².